The van der Waals surface area contributed by atoms with Crippen LogP contribution in [0.15, 0.2) is 35.9 Å². The summed E-state index contributed by atoms with van der Waals surface area (Å²) in [5, 5.41) is 0. The summed E-state index contributed by atoms with van der Waals surface area (Å²) in [4.78, 5) is 16.1. The van der Waals surface area contributed by atoms with Crippen molar-refractivity contribution in [3.05, 3.63) is 41.5 Å². The maximum atomic E-state index is 11.5. The van der Waals surface area contributed by atoms with E-state index >= 15 is 0 Å². The van der Waals surface area contributed by atoms with Crippen molar-refractivity contribution in [1.82, 2.24) is 5.48 Å². The lowest BCUT2D eigenvalue weighted by molar-refractivity contribution is -0.127. The molecule has 1 N–H and O–H groups in total. The van der Waals surface area contributed by atoms with Crippen LogP contribution in [0.25, 0.3) is 6.08 Å². The van der Waals surface area contributed by atoms with Crippen molar-refractivity contribution in [2.75, 3.05) is 7.11 Å². The van der Waals surface area contributed by atoms with E-state index in [1.54, 1.807) is 0 Å². The molecular formula is C12H15NO2. The zero-order valence-electron chi connectivity index (χ0n) is 8.99. The Bertz CT molecular complexity index is 344. The SMILES string of the molecule is CC/C(=C\c1ccccc1)C(=O)NOC. The Balaban J connectivity index is 2.83. The number of nitrogens with one attached hydrogen (secondary N) is 1. The van der Waals surface area contributed by atoms with Gasteiger partial charge in [-0.3, -0.25) is 9.63 Å². The number of carbonyl (C=O) groups excluding carboxylic acids is 1. The van der Waals surface area contributed by atoms with Crippen LogP contribution in [0.3, 0.4) is 0 Å². The molecule has 15 heavy (non-hydrogen) atoms. The number of hydrogen-bond acceptors (Lipinski definition) is 2. The summed E-state index contributed by atoms with van der Waals surface area (Å²) in [6.45, 7) is 1.93. The van der Waals surface area contributed by atoms with Crippen molar-refractivity contribution in [2.45, 2.75) is 13.3 Å². The van der Waals surface area contributed by atoms with E-state index in [-0.39, 0.29) is 5.91 Å². The van der Waals surface area contributed by atoms with Crippen LogP contribution in [-0.2, 0) is 9.63 Å². The summed E-state index contributed by atoms with van der Waals surface area (Å²) in [6.07, 6.45) is 2.53. The fourth-order valence-corrected chi connectivity index (χ4v) is 1.24. The average Bonchev–Trinajstić information content (AvgIpc) is 2.27. The van der Waals surface area contributed by atoms with E-state index in [1.165, 1.54) is 7.11 Å². The molecule has 3 nitrogen and oxygen atoms in total. The van der Waals surface area contributed by atoms with E-state index in [1.807, 2.05) is 43.3 Å². The van der Waals surface area contributed by atoms with Crippen LogP contribution in [0.5, 0.6) is 0 Å². The highest BCUT2D eigenvalue weighted by atomic mass is 16.6. The maximum Gasteiger partial charge on any atom is 0.270 e. The molecule has 1 rings (SSSR count). The lowest BCUT2D eigenvalue weighted by atomic mass is 10.1. The molecule has 0 aromatic heterocycles. The van der Waals surface area contributed by atoms with E-state index in [2.05, 4.69) is 10.3 Å². The highest BCUT2D eigenvalue weighted by Gasteiger charge is 2.05. The minimum absolute atomic E-state index is 0.191. The van der Waals surface area contributed by atoms with Crippen molar-refractivity contribution < 1.29 is 9.63 Å². The van der Waals surface area contributed by atoms with Gasteiger partial charge in [0, 0.05) is 5.57 Å². The van der Waals surface area contributed by atoms with E-state index in [0.717, 1.165) is 5.56 Å². The Labute approximate surface area is 89.7 Å². The highest BCUT2D eigenvalue weighted by molar-refractivity contribution is 5.97. The molecular weight excluding hydrogens is 190 g/mol. The number of rotatable bonds is 4. The third-order valence-electron chi connectivity index (χ3n) is 2.01. The fraction of sp³-hybridized carbons (Fsp3) is 0.250. The Morgan fingerprint density at radius 2 is 2.07 bits per heavy atom. The van der Waals surface area contributed by atoms with Gasteiger partial charge in [-0.1, -0.05) is 37.3 Å². The van der Waals surface area contributed by atoms with Gasteiger partial charge in [0.05, 0.1) is 7.11 Å². The van der Waals surface area contributed by atoms with Crippen LogP contribution >= 0.6 is 0 Å². The number of hydroxylamine groups is 1. The van der Waals surface area contributed by atoms with E-state index < -0.39 is 0 Å². The number of amides is 1. The molecule has 1 aromatic carbocycles. The van der Waals surface area contributed by atoms with Crippen LogP contribution in [0.1, 0.15) is 18.9 Å². The Morgan fingerprint density at radius 1 is 1.40 bits per heavy atom. The molecule has 0 atom stereocenters. The lowest BCUT2D eigenvalue weighted by Crippen LogP contribution is -2.23. The molecule has 0 fully saturated rings. The van der Waals surface area contributed by atoms with Gasteiger partial charge in [-0.2, -0.15) is 0 Å². The van der Waals surface area contributed by atoms with Crippen molar-refractivity contribution in [3.8, 4) is 0 Å². The van der Waals surface area contributed by atoms with Gasteiger partial charge < -0.3 is 0 Å². The van der Waals surface area contributed by atoms with E-state index in [4.69, 9.17) is 0 Å². The highest BCUT2D eigenvalue weighted by Crippen LogP contribution is 2.09. The van der Waals surface area contributed by atoms with Crippen LogP contribution < -0.4 is 5.48 Å². The molecule has 0 spiro atoms. The first-order valence-electron chi connectivity index (χ1n) is 4.87. The first-order valence-corrected chi connectivity index (χ1v) is 4.87. The molecule has 0 radical (unpaired) electrons. The molecule has 0 aliphatic rings. The quantitative estimate of drug-likeness (QED) is 0.604. The first-order chi connectivity index (χ1) is 7.27. The zero-order chi connectivity index (χ0) is 11.1. The third-order valence-corrected chi connectivity index (χ3v) is 2.01. The summed E-state index contributed by atoms with van der Waals surface area (Å²) < 4.78 is 0. The summed E-state index contributed by atoms with van der Waals surface area (Å²) in [5.74, 6) is -0.191. The molecule has 0 unspecified atom stereocenters. The van der Waals surface area contributed by atoms with Gasteiger partial charge >= 0.3 is 0 Å². The minimum atomic E-state index is -0.191. The van der Waals surface area contributed by atoms with Gasteiger partial charge in [0.1, 0.15) is 0 Å². The van der Waals surface area contributed by atoms with E-state index in [9.17, 15) is 4.79 Å². The lowest BCUT2D eigenvalue weighted by Gasteiger charge is -2.04. The van der Waals surface area contributed by atoms with Gasteiger partial charge in [0.25, 0.3) is 5.91 Å². The average molecular weight is 205 g/mol. The number of carbonyl (C=O) groups is 1. The molecule has 1 aromatic rings. The summed E-state index contributed by atoms with van der Waals surface area (Å²) in [6, 6.07) is 9.73. The second-order valence-corrected chi connectivity index (χ2v) is 3.07. The molecule has 80 valence electrons. The summed E-state index contributed by atoms with van der Waals surface area (Å²) in [7, 11) is 1.42. The zero-order valence-corrected chi connectivity index (χ0v) is 8.99. The molecule has 0 aliphatic carbocycles. The second kappa shape index (κ2) is 5.98. The molecule has 0 bridgehead atoms. The molecule has 0 saturated carbocycles. The Hall–Kier alpha value is -1.61. The van der Waals surface area contributed by atoms with Crippen LogP contribution in [0.2, 0.25) is 0 Å². The number of hydrogen-bond donors (Lipinski definition) is 1. The standard InChI is InChI=1S/C12H15NO2/c1-3-11(12(14)13-15-2)9-10-7-5-4-6-8-10/h4-9H,3H2,1-2H3,(H,13,14)/b11-9+. The van der Waals surface area contributed by atoms with Crippen molar-refractivity contribution in [2.24, 2.45) is 0 Å². The summed E-state index contributed by atoms with van der Waals surface area (Å²) >= 11 is 0. The van der Waals surface area contributed by atoms with Crippen LogP contribution in [0.4, 0.5) is 0 Å². The van der Waals surface area contributed by atoms with Crippen molar-refractivity contribution in [3.63, 3.8) is 0 Å². The van der Waals surface area contributed by atoms with Gasteiger partial charge in [-0.25, -0.2) is 5.48 Å². The minimum Gasteiger partial charge on any atom is -0.277 e. The molecule has 3 heteroatoms. The van der Waals surface area contributed by atoms with Gasteiger partial charge in [-0.05, 0) is 18.1 Å². The van der Waals surface area contributed by atoms with Crippen LogP contribution in [0, 0.1) is 0 Å². The third kappa shape index (κ3) is 3.56. The van der Waals surface area contributed by atoms with Gasteiger partial charge in [-0.15, -0.1) is 0 Å². The Morgan fingerprint density at radius 3 is 2.60 bits per heavy atom. The van der Waals surface area contributed by atoms with Crippen LogP contribution in [-0.4, -0.2) is 13.0 Å². The number of benzene rings is 1. The topological polar surface area (TPSA) is 38.3 Å². The van der Waals surface area contributed by atoms with Gasteiger partial charge in [0.2, 0.25) is 0 Å². The first kappa shape index (κ1) is 11.5. The molecule has 1 amide bonds. The fourth-order valence-electron chi connectivity index (χ4n) is 1.24. The molecule has 0 heterocycles. The largest absolute Gasteiger partial charge is 0.277 e. The monoisotopic (exact) mass is 205 g/mol. The van der Waals surface area contributed by atoms with Crippen molar-refractivity contribution >= 4 is 12.0 Å². The van der Waals surface area contributed by atoms with Crippen molar-refractivity contribution in [1.29, 1.82) is 0 Å². The smallest absolute Gasteiger partial charge is 0.270 e. The van der Waals surface area contributed by atoms with Gasteiger partial charge in [0.15, 0.2) is 0 Å². The normalized spacial score (nSPS) is 11.2. The Kier molecular flexibility index (Phi) is 4.57. The predicted molar refractivity (Wildman–Crippen MR) is 59.9 cm³/mol. The predicted octanol–water partition coefficient (Wildman–Crippen LogP) is 2.16. The summed E-state index contributed by atoms with van der Waals surface area (Å²) in [5.41, 5.74) is 4.02. The van der Waals surface area contributed by atoms with E-state index in [0.29, 0.717) is 12.0 Å². The second-order valence-electron chi connectivity index (χ2n) is 3.07. The maximum absolute atomic E-state index is 11.5. The molecule has 0 aliphatic heterocycles. The molecule has 0 saturated heterocycles.